The van der Waals surface area contributed by atoms with Crippen LogP contribution in [-0.2, 0) is 14.3 Å². The Bertz CT molecular complexity index is 1230. The van der Waals surface area contributed by atoms with E-state index in [0.717, 1.165) is 28.6 Å². The molecule has 2 atom stereocenters. The van der Waals surface area contributed by atoms with E-state index in [-0.39, 0.29) is 30.6 Å². The summed E-state index contributed by atoms with van der Waals surface area (Å²) in [5.74, 6) is 0.844. The van der Waals surface area contributed by atoms with E-state index in [1.165, 1.54) is 11.3 Å². The summed E-state index contributed by atoms with van der Waals surface area (Å²) in [6, 6.07) is 11.1. The Morgan fingerprint density at radius 2 is 2.18 bits per heavy atom. The molecule has 10 heteroatoms. The van der Waals surface area contributed by atoms with Crippen LogP contribution in [0.25, 0.3) is 10.2 Å². The van der Waals surface area contributed by atoms with E-state index < -0.39 is 0 Å². The van der Waals surface area contributed by atoms with E-state index in [1.807, 2.05) is 30.3 Å². The lowest BCUT2D eigenvalue weighted by Gasteiger charge is -2.19. The van der Waals surface area contributed by atoms with E-state index in [4.69, 9.17) is 25.8 Å². The van der Waals surface area contributed by atoms with E-state index in [2.05, 4.69) is 10.3 Å². The van der Waals surface area contributed by atoms with Gasteiger partial charge in [-0.15, -0.1) is 0 Å². The first kappa shape index (κ1) is 22.9. The molecule has 8 nitrogen and oxygen atoms in total. The number of nitrogens with one attached hydrogen (secondary N) is 1. The number of fused-ring (bicyclic) bond motifs is 1. The molecule has 2 saturated heterocycles. The molecule has 0 bridgehead atoms. The number of carbonyl (C=O) groups is 2. The summed E-state index contributed by atoms with van der Waals surface area (Å²) in [5.41, 5.74) is 1.73. The quantitative estimate of drug-likeness (QED) is 0.515. The molecule has 0 spiro atoms. The minimum absolute atomic E-state index is 0.0263. The molecule has 2 aliphatic heterocycles. The predicted molar refractivity (Wildman–Crippen MR) is 130 cm³/mol. The number of methoxy groups -OCH3 is 1. The van der Waals surface area contributed by atoms with Crippen molar-refractivity contribution in [1.82, 2.24) is 9.88 Å². The Labute approximate surface area is 205 Å². The van der Waals surface area contributed by atoms with Crippen LogP contribution in [0.2, 0.25) is 5.02 Å². The van der Waals surface area contributed by atoms with Crippen molar-refractivity contribution in [1.29, 1.82) is 0 Å². The summed E-state index contributed by atoms with van der Waals surface area (Å²) in [4.78, 5) is 31.3. The lowest BCUT2D eigenvalue weighted by molar-refractivity contribution is -0.131. The summed E-state index contributed by atoms with van der Waals surface area (Å²) in [6.07, 6.45) is 1.84. The van der Waals surface area contributed by atoms with Gasteiger partial charge in [0.2, 0.25) is 11.8 Å². The van der Waals surface area contributed by atoms with Crippen molar-refractivity contribution in [2.75, 3.05) is 32.1 Å². The average Bonchev–Trinajstić information content (AvgIpc) is 3.54. The van der Waals surface area contributed by atoms with Gasteiger partial charge in [-0.3, -0.25) is 9.59 Å². The van der Waals surface area contributed by atoms with Crippen molar-refractivity contribution < 1.29 is 23.8 Å². The molecule has 3 aromatic rings. The molecule has 2 aliphatic rings. The first-order valence-electron chi connectivity index (χ1n) is 11.1. The summed E-state index contributed by atoms with van der Waals surface area (Å²) in [5, 5.41) is 3.90. The van der Waals surface area contributed by atoms with E-state index in [9.17, 15) is 9.59 Å². The standard InChI is InChI=1S/C24H24ClN3O5S/c1-31-18-7-4-14(9-19(18)33-23-3-2-8-32-23)15-10-22(30)28(12-15)13-21(29)27-24-26-17-6-5-16(25)11-20(17)34-24/h4-7,9,11,15,23H,2-3,8,10,12-13H2,1H3,(H,26,27,29). The van der Waals surface area contributed by atoms with Crippen LogP contribution in [-0.4, -0.2) is 54.8 Å². The zero-order chi connectivity index (χ0) is 23.7. The number of thiazole rings is 1. The maximum Gasteiger partial charge on any atom is 0.245 e. The minimum atomic E-state index is -0.284. The van der Waals surface area contributed by atoms with E-state index >= 15 is 0 Å². The van der Waals surface area contributed by atoms with Crippen molar-refractivity contribution in [2.24, 2.45) is 0 Å². The van der Waals surface area contributed by atoms with Crippen LogP contribution in [0.4, 0.5) is 5.13 Å². The molecule has 3 heterocycles. The van der Waals surface area contributed by atoms with Crippen molar-refractivity contribution >= 4 is 50.1 Å². The number of rotatable bonds is 7. The number of likely N-dealkylation sites (tertiary alicyclic amines) is 1. The number of anilines is 1. The molecule has 0 saturated carbocycles. The molecule has 1 N–H and O–H groups in total. The Kier molecular flexibility index (Phi) is 6.58. The van der Waals surface area contributed by atoms with Gasteiger partial charge in [-0.25, -0.2) is 4.98 Å². The van der Waals surface area contributed by atoms with Gasteiger partial charge in [0.05, 0.1) is 30.5 Å². The highest BCUT2D eigenvalue weighted by Gasteiger charge is 2.32. The van der Waals surface area contributed by atoms with Crippen LogP contribution in [0.15, 0.2) is 36.4 Å². The molecule has 1 aromatic heterocycles. The maximum atomic E-state index is 12.7. The van der Waals surface area contributed by atoms with Gasteiger partial charge >= 0.3 is 0 Å². The Morgan fingerprint density at radius 3 is 2.97 bits per heavy atom. The van der Waals surface area contributed by atoms with Crippen molar-refractivity contribution in [2.45, 2.75) is 31.5 Å². The summed E-state index contributed by atoms with van der Waals surface area (Å²) in [7, 11) is 1.59. The van der Waals surface area contributed by atoms with Gasteiger partial charge in [-0.2, -0.15) is 0 Å². The fraction of sp³-hybridized carbons (Fsp3) is 0.375. The number of carbonyl (C=O) groups excluding carboxylic acids is 2. The zero-order valence-electron chi connectivity index (χ0n) is 18.6. The monoisotopic (exact) mass is 501 g/mol. The first-order chi connectivity index (χ1) is 16.5. The van der Waals surface area contributed by atoms with E-state index in [1.54, 1.807) is 18.1 Å². The van der Waals surface area contributed by atoms with Gasteiger partial charge in [-0.05, 0) is 42.3 Å². The summed E-state index contributed by atoms with van der Waals surface area (Å²) >= 11 is 7.37. The lowest BCUT2D eigenvalue weighted by atomic mass is 9.98. The molecule has 34 heavy (non-hydrogen) atoms. The topological polar surface area (TPSA) is 90.0 Å². The molecule has 2 fully saturated rings. The smallest absolute Gasteiger partial charge is 0.245 e. The Hall–Kier alpha value is -2.88. The fourth-order valence-electron chi connectivity index (χ4n) is 4.25. The molecule has 2 aromatic carbocycles. The molecular weight excluding hydrogens is 478 g/mol. The third-order valence-corrected chi connectivity index (χ3v) is 7.12. The first-order valence-corrected chi connectivity index (χ1v) is 12.3. The molecule has 0 aliphatic carbocycles. The summed E-state index contributed by atoms with van der Waals surface area (Å²) < 4.78 is 17.9. The number of hydrogen-bond acceptors (Lipinski definition) is 7. The van der Waals surface area contributed by atoms with Crippen LogP contribution in [0.3, 0.4) is 0 Å². The molecule has 5 rings (SSSR count). The Balaban J connectivity index is 1.23. The van der Waals surface area contributed by atoms with Crippen molar-refractivity contribution in [3.8, 4) is 11.5 Å². The van der Waals surface area contributed by atoms with E-state index in [0.29, 0.717) is 41.2 Å². The molecular formula is C24H24ClN3O5S. The van der Waals surface area contributed by atoms with Gasteiger partial charge in [0.1, 0.15) is 0 Å². The average molecular weight is 502 g/mol. The number of nitrogens with zero attached hydrogens (tertiary/aromatic N) is 2. The van der Waals surface area contributed by atoms with Gasteiger partial charge in [-0.1, -0.05) is 29.0 Å². The summed E-state index contributed by atoms with van der Waals surface area (Å²) in [6.45, 7) is 1.11. The zero-order valence-corrected chi connectivity index (χ0v) is 20.2. The fourth-order valence-corrected chi connectivity index (χ4v) is 5.41. The highest BCUT2D eigenvalue weighted by atomic mass is 35.5. The van der Waals surface area contributed by atoms with Crippen LogP contribution >= 0.6 is 22.9 Å². The van der Waals surface area contributed by atoms with Crippen LogP contribution in [0.1, 0.15) is 30.7 Å². The molecule has 178 valence electrons. The van der Waals surface area contributed by atoms with Crippen molar-refractivity contribution in [3.63, 3.8) is 0 Å². The van der Waals surface area contributed by atoms with Gasteiger partial charge in [0.25, 0.3) is 0 Å². The lowest BCUT2D eigenvalue weighted by Crippen LogP contribution is -2.34. The minimum Gasteiger partial charge on any atom is -0.493 e. The van der Waals surface area contributed by atoms with Crippen LogP contribution < -0.4 is 14.8 Å². The number of ether oxygens (including phenoxy) is 3. The molecule has 2 amide bonds. The highest BCUT2D eigenvalue weighted by molar-refractivity contribution is 7.22. The van der Waals surface area contributed by atoms with Crippen molar-refractivity contribution in [3.05, 3.63) is 47.0 Å². The largest absolute Gasteiger partial charge is 0.493 e. The number of aromatic nitrogens is 1. The predicted octanol–water partition coefficient (Wildman–Crippen LogP) is 4.43. The Morgan fingerprint density at radius 1 is 1.29 bits per heavy atom. The molecule has 0 radical (unpaired) electrons. The normalized spacial score (nSPS) is 20.2. The number of benzene rings is 2. The third-order valence-electron chi connectivity index (χ3n) is 5.95. The second-order valence-electron chi connectivity index (χ2n) is 8.33. The second kappa shape index (κ2) is 9.77. The van der Waals surface area contributed by atoms with Gasteiger partial charge in [0.15, 0.2) is 22.9 Å². The highest BCUT2D eigenvalue weighted by Crippen LogP contribution is 2.36. The third kappa shape index (κ3) is 4.96. The van der Waals surface area contributed by atoms with Crippen LogP contribution in [0.5, 0.6) is 11.5 Å². The number of hydrogen-bond donors (Lipinski definition) is 1. The van der Waals surface area contributed by atoms with Gasteiger partial charge in [0, 0.05) is 30.3 Å². The number of halogens is 1. The molecule has 2 unspecified atom stereocenters. The van der Waals surface area contributed by atoms with Gasteiger partial charge < -0.3 is 24.4 Å². The maximum absolute atomic E-state index is 12.7. The number of amides is 2. The SMILES string of the molecule is COc1ccc(C2CC(=O)N(CC(=O)Nc3nc4ccc(Cl)cc4s3)C2)cc1OC1CCCO1. The second-order valence-corrected chi connectivity index (χ2v) is 9.79. The van der Waals surface area contributed by atoms with Crippen LogP contribution in [0, 0.1) is 0 Å².